The van der Waals surface area contributed by atoms with Crippen molar-refractivity contribution in [2.45, 2.75) is 11.2 Å². The fraction of sp³-hybridized carbons (Fsp3) is 0.150. The molecule has 1 N–H and O–H groups in total. The fourth-order valence-electron chi connectivity index (χ4n) is 2.48. The molecule has 0 unspecified atom stereocenters. The lowest BCUT2D eigenvalue weighted by molar-refractivity contribution is -0.137. The molecule has 30 heavy (non-hydrogen) atoms. The Hall–Kier alpha value is -3.14. The third kappa shape index (κ3) is 5.47. The number of hydrogen-bond donors (Lipinski definition) is 1. The summed E-state index contributed by atoms with van der Waals surface area (Å²) in [6.45, 7) is 0. The van der Waals surface area contributed by atoms with Crippen molar-refractivity contribution in [3.8, 4) is 17.0 Å². The Morgan fingerprint density at radius 1 is 1.07 bits per heavy atom. The van der Waals surface area contributed by atoms with Gasteiger partial charge in [-0.15, -0.1) is 10.2 Å². The van der Waals surface area contributed by atoms with Crippen molar-refractivity contribution in [1.29, 1.82) is 0 Å². The molecule has 0 aliphatic carbocycles. The first-order valence-corrected chi connectivity index (χ1v) is 9.52. The van der Waals surface area contributed by atoms with E-state index in [2.05, 4.69) is 15.5 Å². The van der Waals surface area contributed by atoms with E-state index in [1.807, 2.05) is 0 Å². The van der Waals surface area contributed by atoms with Crippen LogP contribution in [0.15, 0.2) is 59.6 Å². The highest BCUT2D eigenvalue weighted by Crippen LogP contribution is 2.35. The standard InChI is InChI=1S/C20H15F4N3O2S/c1-29-17-8-4-13(20(22,23)24)10-16(17)25-18(28)11-30-19-9-7-15(26-27-19)12-2-5-14(21)6-3-12/h2-10H,11H2,1H3,(H,25,28). The number of carbonyl (C=O) groups excluding carboxylic acids is 1. The van der Waals surface area contributed by atoms with Crippen LogP contribution < -0.4 is 10.1 Å². The molecule has 156 valence electrons. The number of ether oxygens (including phenoxy) is 1. The van der Waals surface area contributed by atoms with E-state index in [1.54, 1.807) is 24.3 Å². The van der Waals surface area contributed by atoms with Gasteiger partial charge in [0.2, 0.25) is 5.91 Å². The zero-order valence-corrected chi connectivity index (χ0v) is 16.4. The summed E-state index contributed by atoms with van der Waals surface area (Å²) < 4.78 is 56.7. The van der Waals surface area contributed by atoms with Crippen LogP contribution in [0.3, 0.4) is 0 Å². The molecule has 5 nitrogen and oxygen atoms in total. The molecule has 1 aromatic heterocycles. The minimum atomic E-state index is -4.54. The number of carbonyl (C=O) groups is 1. The van der Waals surface area contributed by atoms with Gasteiger partial charge in [-0.25, -0.2) is 4.39 Å². The maximum atomic E-state index is 13.0. The van der Waals surface area contributed by atoms with E-state index in [1.165, 1.54) is 19.2 Å². The number of thioether (sulfide) groups is 1. The molecular weight excluding hydrogens is 422 g/mol. The van der Waals surface area contributed by atoms with Gasteiger partial charge in [0, 0.05) is 5.56 Å². The van der Waals surface area contributed by atoms with E-state index >= 15 is 0 Å². The van der Waals surface area contributed by atoms with Gasteiger partial charge < -0.3 is 10.1 Å². The van der Waals surface area contributed by atoms with E-state index < -0.39 is 17.6 Å². The number of anilines is 1. The van der Waals surface area contributed by atoms with Crippen LogP contribution in [0.4, 0.5) is 23.2 Å². The number of methoxy groups -OCH3 is 1. The van der Waals surface area contributed by atoms with E-state index in [-0.39, 0.29) is 23.0 Å². The molecule has 0 saturated heterocycles. The summed E-state index contributed by atoms with van der Waals surface area (Å²) in [6, 6.07) is 11.9. The van der Waals surface area contributed by atoms with Crippen molar-refractivity contribution < 1.29 is 27.1 Å². The second-order valence-corrected chi connectivity index (χ2v) is 7.01. The average Bonchev–Trinajstić information content (AvgIpc) is 2.72. The third-order valence-electron chi connectivity index (χ3n) is 3.93. The van der Waals surface area contributed by atoms with Crippen molar-refractivity contribution in [3.05, 3.63) is 66.0 Å². The van der Waals surface area contributed by atoms with Gasteiger partial charge in [0.15, 0.2) is 0 Å². The molecule has 3 rings (SSSR count). The van der Waals surface area contributed by atoms with Gasteiger partial charge in [0.1, 0.15) is 16.6 Å². The molecule has 2 aromatic carbocycles. The van der Waals surface area contributed by atoms with Gasteiger partial charge in [-0.1, -0.05) is 11.8 Å². The number of benzene rings is 2. The molecule has 0 bridgehead atoms. The van der Waals surface area contributed by atoms with Crippen LogP contribution in [0.5, 0.6) is 5.75 Å². The number of rotatable bonds is 6. The van der Waals surface area contributed by atoms with Crippen LogP contribution in [-0.4, -0.2) is 29.0 Å². The van der Waals surface area contributed by atoms with Crippen LogP contribution >= 0.6 is 11.8 Å². The highest BCUT2D eigenvalue weighted by molar-refractivity contribution is 7.99. The maximum Gasteiger partial charge on any atom is 0.416 e. The average molecular weight is 437 g/mol. The highest BCUT2D eigenvalue weighted by Gasteiger charge is 2.31. The van der Waals surface area contributed by atoms with Crippen LogP contribution in [0, 0.1) is 5.82 Å². The molecule has 3 aromatic rings. The Bertz CT molecular complexity index is 1030. The summed E-state index contributed by atoms with van der Waals surface area (Å²) in [6.07, 6.45) is -4.54. The van der Waals surface area contributed by atoms with E-state index in [9.17, 15) is 22.4 Å². The first-order valence-electron chi connectivity index (χ1n) is 8.54. The predicted molar refractivity (Wildman–Crippen MR) is 105 cm³/mol. The normalized spacial score (nSPS) is 11.2. The topological polar surface area (TPSA) is 64.1 Å². The number of hydrogen-bond acceptors (Lipinski definition) is 5. The fourth-order valence-corrected chi connectivity index (χ4v) is 3.09. The van der Waals surface area contributed by atoms with Gasteiger partial charge in [-0.05, 0) is 54.6 Å². The van der Waals surface area contributed by atoms with Crippen molar-refractivity contribution in [3.63, 3.8) is 0 Å². The number of amides is 1. The highest BCUT2D eigenvalue weighted by atomic mass is 32.2. The lowest BCUT2D eigenvalue weighted by atomic mass is 10.1. The van der Waals surface area contributed by atoms with Gasteiger partial charge >= 0.3 is 6.18 Å². The molecule has 0 aliphatic rings. The molecule has 1 amide bonds. The summed E-state index contributed by atoms with van der Waals surface area (Å²) in [5.41, 5.74) is 0.261. The van der Waals surface area contributed by atoms with E-state index in [0.717, 1.165) is 30.0 Å². The van der Waals surface area contributed by atoms with E-state index in [4.69, 9.17) is 4.74 Å². The lowest BCUT2D eigenvalue weighted by Gasteiger charge is -2.13. The molecule has 0 saturated carbocycles. The number of nitrogens with zero attached hydrogens (tertiary/aromatic N) is 2. The SMILES string of the molecule is COc1ccc(C(F)(F)F)cc1NC(=O)CSc1ccc(-c2ccc(F)cc2)nn1. The zero-order valence-electron chi connectivity index (χ0n) is 15.5. The van der Waals surface area contributed by atoms with Crippen molar-refractivity contribution in [2.75, 3.05) is 18.2 Å². The van der Waals surface area contributed by atoms with Crippen LogP contribution in [0.1, 0.15) is 5.56 Å². The lowest BCUT2D eigenvalue weighted by Crippen LogP contribution is -2.16. The Labute approximate surface area is 173 Å². The first kappa shape index (κ1) is 21.6. The van der Waals surface area contributed by atoms with Crippen LogP contribution in [0.25, 0.3) is 11.3 Å². The molecule has 0 spiro atoms. The van der Waals surface area contributed by atoms with Crippen LogP contribution in [-0.2, 0) is 11.0 Å². The largest absolute Gasteiger partial charge is 0.495 e. The number of alkyl halides is 3. The van der Waals surface area contributed by atoms with Gasteiger partial charge in [-0.3, -0.25) is 4.79 Å². The molecule has 0 fully saturated rings. The Morgan fingerprint density at radius 3 is 2.40 bits per heavy atom. The third-order valence-corrected chi connectivity index (χ3v) is 4.85. The summed E-state index contributed by atoms with van der Waals surface area (Å²) in [5.74, 6) is -0.863. The van der Waals surface area contributed by atoms with Gasteiger partial charge in [-0.2, -0.15) is 13.2 Å². The van der Waals surface area contributed by atoms with E-state index in [0.29, 0.717) is 16.3 Å². The first-order chi connectivity index (χ1) is 14.3. The number of aromatic nitrogens is 2. The Kier molecular flexibility index (Phi) is 6.56. The molecule has 0 aliphatic heterocycles. The second kappa shape index (κ2) is 9.12. The molecule has 10 heteroatoms. The summed E-state index contributed by atoms with van der Waals surface area (Å²) in [5, 5.41) is 10.9. The molecule has 0 atom stereocenters. The molecular formula is C20H15F4N3O2S. The minimum absolute atomic E-state index is 0.0735. The van der Waals surface area contributed by atoms with Crippen molar-refractivity contribution in [2.24, 2.45) is 0 Å². The summed E-state index contributed by atoms with van der Waals surface area (Å²) in [7, 11) is 1.30. The minimum Gasteiger partial charge on any atom is -0.495 e. The molecule has 0 radical (unpaired) electrons. The van der Waals surface area contributed by atoms with Crippen molar-refractivity contribution in [1.82, 2.24) is 10.2 Å². The summed E-state index contributed by atoms with van der Waals surface area (Å²) >= 11 is 1.07. The molecule has 1 heterocycles. The monoisotopic (exact) mass is 437 g/mol. The van der Waals surface area contributed by atoms with Gasteiger partial charge in [0.25, 0.3) is 0 Å². The quantitative estimate of drug-likeness (QED) is 0.432. The maximum absolute atomic E-state index is 13.0. The summed E-state index contributed by atoms with van der Waals surface area (Å²) in [4.78, 5) is 12.2. The van der Waals surface area contributed by atoms with Crippen molar-refractivity contribution >= 4 is 23.4 Å². The number of halogens is 4. The predicted octanol–water partition coefficient (Wildman–Crippen LogP) is 5.04. The smallest absolute Gasteiger partial charge is 0.416 e. The second-order valence-electron chi connectivity index (χ2n) is 6.01. The number of nitrogens with one attached hydrogen (secondary N) is 1. The zero-order chi connectivity index (χ0) is 21.7. The Morgan fingerprint density at radius 2 is 1.80 bits per heavy atom. The van der Waals surface area contributed by atoms with Crippen LogP contribution in [0.2, 0.25) is 0 Å². The van der Waals surface area contributed by atoms with Gasteiger partial charge in [0.05, 0.1) is 29.8 Å². The Balaban J connectivity index is 1.63.